The molecule has 0 saturated heterocycles. The fraction of sp³-hybridized carbons (Fsp3) is 0.200. The molecule has 5 nitrogen and oxygen atoms in total. The first kappa shape index (κ1) is 16.6. The second-order valence-electron chi connectivity index (χ2n) is 4.43. The number of nitrogens with one attached hydrogen (secondary N) is 1. The maximum absolute atomic E-state index is 12.3. The van der Waals surface area contributed by atoms with Crippen molar-refractivity contribution in [2.24, 2.45) is 0 Å². The molecule has 0 amide bonds. The Morgan fingerprint density at radius 1 is 1.09 bits per heavy atom. The number of hydrogen-bond donors (Lipinski definition) is 1. The molecule has 0 unspecified atom stereocenters. The summed E-state index contributed by atoms with van der Waals surface area (Å²) in [7, 11) is -0.711. The second kappa shape index (κ2) is 7.00. The molecule has 1 N–H and O–H groups in total. The normalized spacial score (nSPS) is 11.2. The highest BCUT2D eigenvalue weighted by Crippen LogP contribution is 2.26. The summed E-state index contributed by atoms with van der Waals surface area (Å²) >= 11 is 6.01. The molecule has 0 bridgehead atoms. The minimum atomic E-state index is -3.73. The van der Waals surface area contributed by atoms with Crippen LogP contribution in [0.1, 0.15) is 5.56 Å². The molecule has 7 heteroatoms. The van der Waals surface area contributed by atoms with Crippen LogP contribution in [0.4, 0.5) is 0 Å². The SMILES string of the molecule is COc1ccc(S(=O)(=O)NCc2ccccc2OC)c(Cl)c1. The summed E-state index contributed by atoms with van der Waals surface area (Å²) in [5, 5.41) is 0.104. The molecule has 118 valence electrons. The van der Waals surface area contributed by atoms with Crippen molar-refractivity contribution in [2.75, 3.05) is 14.2 Å². The van der Waals surface area contributed by atoms with E-state index in [1.807, 2.05) is 12.1 Å². The van der Waals surface area contributed by atoms with Gasteiger partial charge in [0.05, 0.1) is 19.2 Å². The van der Waals surface area contributed by atoms with Crippen molar-refractivity contribution in [3.63, 3.8) is 0 Å². The monoisotopic (exact) mass is 341 g/mol. The number of ether oxygens (including phenoxy) is 2. The van der Waals surface area contributed by atoms with Crippen LogP contribution in [0.2, 0.25) is 5.02 Å². The number of methoxy groups -OCH3 is 2. The van der Waals surface area contributed by atoms with Crippen LogP contribution in [0.15, 0.2) is 47.4 Å². The van der Waals surface area contributed by atoms with E-state index in [4.69, 9.17) is 21.1 Å². The lowest BCUT2D eigenvalue weighted by Gasteiger charge is -2.11. The first-order valence-corrected chi connectivity index (χ1v) is 8.29. The summed E-state index contributed by atoms with van der Waals surface area (Å²) in [5.41, 5.74) is 0.734. The van der Waals surface area contributed by atoms with Crippen molar-refractivity contribution < 1.29 is 17.9 Å². The van der Waals surface area contributed by atoms with Gasteiger partial charge in [-0.3, -0.25) is 0 Å². The molecule has 0 atom stereocenters. The first-order valence-electron chi connectivity index (χ1n) is 6.43. The van der Waals surface area contributed by atoms with E-state index in [1.165, 1.54) is 26.4 Å². The Balaban J connectivity index is 2.21. The van der Waals surface area contributed by atoms with Crippen LogP contribution < -0.4 is 14.2 Å². The van der Waals surface area contributed by atoms with Gasteiger partial charge in [0.15, 0.2) is 0 Å². The van der Waals surface area contributed by atoms with Crippen LogP contribution in [-0.2, 0) is 16.6 Å². The number of para-hydroxylation sites is 1. The quantitative estimate of drug-likeness (QED) is 0.877. The van der Waals surface area contributed by atoms with Gasteiger partial charge < -0.3 is 9.47 Å². The molecule has 0 aliphatic heterocycles. The maximum atomic E-state index is 12.3. The fourth-order valence-corrected chi connectivity index (χ4v) is 3.47. The van der Waals surface area contributed by atoms with Crippen LogP contribution in [0.5, 0.6) is 11.5 Å². The van der Waals surface area contributed by atoms with E-state index in [9.17, 15) is 8.42 Å². The Morgan fingerprint density at radius 3 is 2.45 bits per heavy atom. The van der Waals surface area contributed by atoms with Gasteiger partial charge in [-0.25, -0.2) is 13.1 Å². The Hall–Kier alpha value is -1.76. The summed E-state index contributed by atoms with van der Waals surface area (Å²) in [5.74, 6) is 1.11. The Kier molecular flexibility index (Phi) is 5.28. The van der Waals surface area contributed by atoms with E-state index >= 15 is 0 Å². The van der Waals surface area contributed by atoms with E-state index in [0.29, 0.717) is 11.5 Å². The van der Waals surface area contributed by atoms with Crippen molar-refractivity contribution in [2.45, 2.75) is 11.4 Å². The molecule has 0 spiro atoms. The molecule has 0 aliphatic carbocycles. The summed E-state index contributed by atoms with van der Waals surface area (Å²) in [6.45, 7) is 0.106. The number of halogens is 1. The molecule has 2 aromatic carbocycles. The molecular formula is C15H16ClNO4S. The smallest absolute Gasteiger partial charge is 0.242 e. The van der Waals surface area contributed by atoms with E-state index in [1.54, 1.807) is 18.2 Å². The van der Waals surface area contributed by atoms with E-state index in [-0.39, 0.29) is 16.5 Å². The standard InChI is InChI=1S/C15H16ClNO4S/c1-20-12-7-8-15(13(16)9-12)22(18,19)17-10-11-5-3-4-6-14(11)21-2/h3-9,17H,10H2,1-2H3. The first-order chi connectivity index (χ1) is 10.5. The van der Waals surface area contributed by atoms with Gasteiger partial charge in [-0.05, 0) is 18.2 Å². The Bertz CT molecular complexity index is 762. The van der Waals surface area contributed by atoms with Crippen LogP contribution in [0.3, 0.4) is 0 Å². The summed E-state index contributed by atoms with van der Waals surface area (Å²) < 4.78 is 37.4. The molecule has 0 radical (unpaired) electrons. The predicted molar refractivity (Wildman–Crippen MR) is 85.0 cm³/mol. The largest absolute Gasteiger partial charge is 0.497 e. The van der Waals surface area contributed by atoms with Gasteiger partial charge >= 0.3 is 0 Å². The molecule has 0 heterocycles. The van der Waals surface area contributed by atoms with Gasteiger partial charge in [0.25, 0.3) is 0 Å². The number of hydrogen-bond acceptors (Lipinski definition) is 4. The van der Waals surface area contributed by atoms with Gasteiger partial charge in [-0.1, -0.05) is 29.8 Å². The van der Waals surface area contributed by atoms with Crippen molar-refractivity contribution in [1.82, 2.24) is 4.72 Å². The van der Waals surface area contributed by atoms with Gasteiger partial charge in [0.2, 0.25) is 10.0 Å². The highest BCUT2D eigenvalue weighted by atomic mass is 35.5. The lowest BCUT2D eigenvalue weighted by molar-refractivity contribution is 0.409. The van der Waals surface area contributed by atoms with E-state index in [0.717, 1.165) is 5.56 Å². The lowest BCUT2D eigenvalue weighted by Crippen LogP contribution is -2.23. The third kappa shape index (κ3) is 3.71. The van der Waals surface area contributed by atoms with Crippen molar-refractivity contribution in [1.29, 1.82) is 0 Å². The molecule has 0 aromatic heterocycles. The zero-order valence-electron chi connectivity index (χ0n) is 12.2. The Morgan fingerprint density at radius 2 is 1.82 bits per heavy atom. The second-order valence-corrected chi connectivity index (χ2v) is 6.58. The topological polar surface area (TPSA) is 64.6 Å². The predicted octanol–water partition coefficient (Wildman–Crippen LogP) is 2.84. The Labute approximate surface area is 134 Å². The highest BCUT2D eigenvalue weighted by Gasteiger charge is 2.18. The van der Waals surface area contributed by atoms with Gasteiger partial charge in [0.1, 0.15) is 16.4 Å². The average molecular weight is 342 g/mol. The molecule has 0 fully saturated rings. The third-order valence-electron chi connectivity index (χ3n) is 3.07. The van der Waals surface area contributed by atoms with Gasteiger partial charge in [-0.15, -0.1) is 0 Å². The highest BCUT2D eigenvalue weighted by molar-refractivity contribution is 7.89. The van der Waals surface area contributed by atoms with Crippen molar-refractivity contribution >= 4 is 21.6 Å². The van der Waals surface area contributed by atoms with Crippen LogP contribution >= 0.6 is 11.6 Å². The minimum Gasteiger partial charge on any atom is -0.497 e. The number of benzene rings is 2. The van der Waals surface area contributed by atoms with E-state index < -0.39 is 10.0 Å². The molecular weight excluding hydrogens is 326 g/mol. The lowest BCUT2D eigenvalue weighted by atomic mass is 10.2. The van der Waals surface area contributed by atoms with Crippen molar-refractivity contribution in [3.8, 4) is 11.5 Å². The minimum absolute atomic E-state index is 0.00450. The molecule has 22 heavy (non-hydrogen) atoms. The van der Waals surface area contributed by atoms with Crippen molar-refractivity contribution in [3.05, 3.63) is 53.1 Å². The fourth-order valence-electron chi connectivity index (χ4n) is 1.93. The zero-order valence-corrected chi connectivity index (χ0v) is 13.7. The van der Waals surface area contributed by atoms with E-state index in [2.05, 4.69) is 4.72 Å². The molecule has 2 aromatic rings. The van der Waals surface area contributed by atoms with Gasteiger partial charge in [0, 0.05) is 18.2 Å². The average Bonchev–Trinajstić information content (AvgIpc) is 2.52. The van der Waals surface area contributed by atoms with Gasteiger partial charge in [-0.2, -0.15) is 0 Å². The molecule has 0 saturated carbocycles. The zero-order chi connectivity index (χ0) is 16.2. The number of rotatable bonds is 6. The molecule has 2 rings (SSSR count). The summed E-state index contributed by atoms with van der Waals surface area (Å²) in [6.07, 6.45) is 0. The summed E-state index contributed by atoms with van der Waals surface area (Å²) in [6, 6.07) is 11.6. The van der Waals surface area contributed by atoms with Crippen LogP contribution in [0, 0.1) is 0 Å². The van der Waals surface area contributed by atoms with Crippen LogP contribution in [0.25, 0.3) is 0 Å². The molecule has 0 aliphatic rings. The maximum Gasteiger partial charge on any atom is 0.242 e. The number of sulfonamides is 1. The van der Waals surface area contributed by atoms with Crippen LogP contribution in [-0.4, -0.2) is 22.6 Å². The third-order valence-corrected chi connectivity index (χ3v) is 4.96. The summed E-state index contributed by atoms with van der Waals surface area (Å²) in [4.78, 5) is 0.00450.